The quantitative estimate of drug-likeness (QED) is 0.923. The Morgan fingerprint density at radius 3 is 2.36 bits per heavy atom. The molecule has 0 aliphatic carbocycles. The molecule has 0 unspecified atom stereocenters. The molecule has 2 aromatic rings. The predicted molar refractivity (Wildman–Crippen MR) is 78.2 cm³/mol. The van der Waals surface area contributed by atoms with Gasteiger partial charge in [0.25, 0.3) is 0 Å². The van der Waals surface area contributed by atoms with Gasteiger partial charge in [0.2, 0.25) is 5.91 Å². The van der Waals surface area contributed by atoms with Crippen LogP contribution in [0.5, 0.6) is 11.5 Å². The van der Waals surface area contributed by atoms with Crippen LogP contribution in [0.1, 0.15) is 5.56 Å². The minimum absolute atomic E-state index is 0.0688. The summed E-state index contributed by atoms with van der Waals surface area (Å²) in [5.74, 6) is -1.24. The van der Waals surface area contributed by atoms with Crippen LogP contribution < -0.4 is 14.8 Å². The molecule has 6 heteroatoms. The van der Waals surface area contributed by atoms with E-state index in [9.17, 15) is 13.6 Å². The molecule has 0 fully saturated rings. The van der Waals surface area contributed by atoms with E-state index in [1.54, 1.807) is 18.2 Å². The minimum Gasteiger partial charge on any atom is -0.493 e. The summed E-state index contributed by atoms with van der Waals surface area (Å²) in [5, 5.41) is 2.51. The molecule has 2 aromatic carbocycles. The second kappa shape index (κ2) is 6.89. The molecule has 0 aliphatic heterocycles. The second-order valence-electron chi connectivity index (χ2n) is 4.54. The van der Waals surface area contributed by atoms with Gasteiger partial charge in [0.15, 0.2) is 23.1 Å². The van der Waals surface area contributed by atoms with Gasteiger partial charge in [-0.2, -0.15) is 0 Å². The number of halogens is 2. The Bertz CT molecular complexity index is 689. The molecule has 0 radical (unpaired) electrons. The average Bonchev–Trinajstić information content (AvgIpc) is 2.50. The Morgan fingerprint density at radius 2 is 1.73 bits per heavy atom. The summed E-state index contributed by atoms with van der Waals surface area (Å²) in [5.41, 5.74) is 0.905. The first-order chi connectivity index (χ1) is 10.5. The zero-order valence-electron chi connectivity index (χ0n) is 12.2. The van der Waals surface area contributed by atoms with E-state index in [1.807, 2.05) is 0 Å². The average molecular weight is 307 g/mol. The van der Waals surface area contributed by atoms with Crippen molar-refractivity contribution in [2.75, 3.05) is 19.5 Å². The lowest BCUT2D eigenvalue weighted by Crippen LogP contribution is -2.14. The fourth-order valence-electron chi connectivity index (χ4n) is 1.96. The van der Waals surface area contributed by atoms with E-state index in [0.717, 1.165) is 12.1 Å². The first-order valence-corrected chi connectivity index (χ1v) is 6.49. The second-order valence-corrected chi connectivity index (χ2v) is 4.54. The van der Waals surface area contributed by atoms with Gasteiger partial charge in [-0.1, -0.05) is 6.07 Å². The fraction of sp³-hybridized carbons (Fsp3) is 0.188. The van der Waals surface area contributed by atoms with Crippen LogP contribution in [0.4, 0.5) is 14.5 Å². The summed E-state index contributed by atoms with van der Waals surface area (Å²) in [6, 6.07) is 8.29. The highest BCUT2D eigenvalue weighted by Crippen LogP contribution is 2.27. The molecule has 0 atom stereocenters. The molecule has 0 aliphatic rings. The van der Waals surface area contributed by atoms with E-state index in [2.05, 4.69) is 5.32 Å². The highest BCUT2D eigenvalue weighted by atomic mass is 19.2. The third kappa shape index (κ3) is 3.72. The topological polar surface area (TPSA) is 47.6 Å². The molecule has 0 bridgehead atoms. The summed E-state index contributed by atoms with van der Waals surface area (Å²) in [6.07, 6.45) is 0.0688. The molecule has 0 saturated carbocycles. The summed E-state index contributed by atoms with van der Waals surface area (Å²) < 4.78 is 36.2. The number of rotatable bonds is 5. The van der Waals surface area contributed by atoms with Crippen LogP contribution in [-0.4, -0.2) is 20.1 Å². The molecule has 1 amide bonds. The highest BCUT2D eigenvalue weighted by Gasteiger charge is 2.10. The summed E-state index contributed by atoms with van der Waals surface area (Å²) in [6.45, 7) is 0. The van der Waals surface area contributed by atoms with Gasteiger partial charge in [-0.05, 0) is 29.8 Å². The number of hydrogen-bond donors (Lipinski definition) is 1. The third-order valence-electron chi connectivity index (χ3n) is 3.02. The number of nitrogens with one attached hydrogen (secondary N) is 1. The Balaban J connectivity index is 2.07. The number of hydrogen-bond acceptors (Lipinski definition) is 3. The normalized spacial score (nSPS) is 10.2. The number of methoxy groups -OCH3 is 2. The van der Waals surface area contributed by atoms with Gasteiger partial charge in [0, 0.05) is 11.8 Å². The number of amides is 1. The number of carbonyl (C=O) groups excluding carboxylic acids is 1. The van der Waals surface area contributed by atoms with Gasteiger partial charge in [-0.3, -0.25) is 4.79 Å². The van der Waals surface area contributed by atoms with Crippen molar-refractivity contribution in [2.45, 2.75) is 6.42 Å². The molecule has 0 saturated heterocycles. The van der Waals surface area contributed by atoms with Crippen molar-refractivity contribution >= 4 is 11.6 Å². The van der Waals surface area contributed by atoms with Crippen molar-refractivity contribution < 1.29 is 23.0 Å². The van der Waals surface area contributed by atoms with Crippen LogP contribution in [-0.2, 0) is 11.2 Å². The lowest BCUT2D eigenvalue weighted by atomic mass is 10.1. The molecule has 4 nitrogen and oxygen atoms in total. The first kappa shape index (κ1) is 15.8. The molecule has 0 aromatic heterocycles. The molecule has 0 spiro atoms. The minimum atomic E-state index is -1.01. The van der Waals surface area contributed by atoms with E-state index < -0.39 is 11.6 Å². The summed E-state index contributed by atoms with van der Waals surface area (Å²) in [4.78, 5) is 11.9. The van der Waals surface area contributed by atoms with E-state index in [4.69, 9.17) is 9.47 Å². The van der Waals surface area contributed by atoms with Crippen LogP contribution in [0.15, 0.2) is 36.4 Å². The van der Waals surface area contributed by atoms with Crippen LogP contribution in [0.2, 0.25) is 0 Å². The van der Waals surface area contributed by atoms with E-state index in [0.29, 0.717) is 17.1 Å². The van der Waals surface area contributed by atoms with Crippen LogP contribution in [0, 0.1) is 11.6 Å². The van der Waals surface area contributed by atoms with Crippen molar-refractivity contribution in [3.63, 3.8) is 0 Å². The molecule has 22 heavy (non-hydrogen) atoms. The van der Waals surface area contributed by atoms with Crippen LogP contribution in [0.3, 0.4) is 0 Å². The van der Waals surface area contributed by atoms with Crippen molar-refractivity contribution in [3.05, 3.63) is 53.6 Å². The largest absolute Gasteiger partial charge is 0.493 e. The highest BCUT2D eigenvalue weighted by molar-refractivity contribution is 5.92. The van der Waals surface area contributed by atoms with Crippen molar-refractivity contribution in [2.24, 2.45) is 0 Å². The van der Waals surface area contributed by atoms with E-state index in [-0.39, 0.29) is 18.0 Å². The molecule has 116 valence electrons. The number of carbonyl (C=O) groups is 1. The summed E-state index contributed by atoms with van der Waals surface area (Å²) >= 11 is 0. The SMILES string of the molecule is COc1ccc(CC(=O)Nc2ccc(F)c(F)c2)cc1OC. The van der Waals surface area contributed by atoms with E-state index in [1.165, 1.54) is 20.3 Å². The van der Waals surface area contributed by atoms with Gasteiger partial charge in [-0.15, -0.1) is 0 Å². The molecule has 2 rings (SSSR count). The predicted octanol–water partition coefficient (Wildman–Crippen LogP) is 3.16. The van der Waals surface area contributed by atoms with Gasteiger partial charge < -0.3 is 14.8 Å². The Morgan fingerprint density at radius 1 is 1.00 bits per heavy atom. The lowest BCUT2D eigenvalue weighted by molar-refractivity contribution is -0.115. The number of benzene rings is 2. The van der Waals surface area contributed by atoms with Crippen LogP contribution in [0.25, 0.3) is 0 Å². The van der Waals surface area contributed by atoms with E-state index >= 15 is 0 Å². The maximum atomic E-state index is 13.1. The van der Waals surface area contributed by atoms with Crippen LogP contribution >= 0.6 is 0 Å². The third-order valence-corrected chi connectivity index (χ3v) is 3.02. The molecule has 1 N–H and O–H groups in total. The standard InChI is InChI=1S/C16H15F2NO3/c1-21-14-6-3-10(7-15(14)22-2)8-16(20)19-11-4-5-12(17)13(18)9-11/h3-7,9H,8H2,1-2H3,(H,19,20). The Kier molecular flexibility index (Phi) is 4.93. The zero-order valence-corrected chi connectivity index (χ0v) is 12.2. The van der Waals surface area contributed by atoms with Gasteiger partial charge >= 0.3 is 0 Å². The van der Waals surface area contributed by atoms with Crippen molar-refractivity contribution in [1.82, 2.24) is 0 Å². The van der Waals surface area contributed by atoms with Gasteiger partial charge in [-0.25, -0.2) is 8.78 Å². The molecular weight excluding hydrogens is 292 g/mol. The maximum Gasteiger partial charge on any atom is 0.228 e. The molecular formula is C16H15F2NO3. The monoisotopic (exact) mass is 307 g/mol. The number of ether oxygens (including phenoxy) is 2. The Hall–Kier alpha value is -2.63. The Labute approximate surface area is 126 Å². The first-order valence-electron chi connectivity index (χ1n) is 6.49. The van der Waals surface area contributed by atoms with Crippen molar-refractivity contribution in [1.29, 1.82) is 0 Å². The number of anilines is 1. The fourth-order valence-corrected chi connectivity index (χ4v) is 1.96. The zero-order chi connectivity index (χ0) is 16.1. The maximum absolute atomic E-state index is 13.1. The molecule has 0 heterocycles. The smallest absolute Gasteiger partial charge is 0.228 e. The van der Waals surface area contributed by atoms with Gasteiger partial charge in [0.05, 0.1) is 20.6 Å². The summed E-state index contributed by atoms with van der Waals surface area (Å²) in [7, 11) is 3.02. The van der Waals surface area contributed by atoms with Crippen molar-refractivity contribution in [3.8, 4) is 11.5 Å². The van der Waals surface area contributed by atoms with Gasteiger partial charge in [0.1, 0.15) is 0 Å². The lowest BCUT2D eigenvalue weighted by Gasteiger charge is -2.10.